The van der Waals surface area contributed by atoms with Gasteiger partial charge in [-0.3, -0.25) is 24.3 Å². The van der Waals surface area contributed by atoms with Crippen molar-refractivity contribution in [3.63, 3.8) is 0 Å². The Morgan fingerprint density at radius 2 is 1.92 bits per heavy atom. The minimum Gasteiger partial charge on any atom is -0.497 e. The zero-order chi connectivity index (χ0) is 27.6. The molecule has 0 N–H and O–H groups in total. The van der Waals surface area contributed by atoms with Gasteiger partial charge in [0.05, 0.1) is 34.9 Å². The van der Waals surface area contributed by atoms with Crippen LogP contribution in [0.2, 0.25) is 0 Å². The number of methoxy groups -OCH3 is 2. The highest BCUT2D eigenvalue weighted by molar-refractivity contribution is 7.07. The van der Waals surface area contributed by atoms with E-state index in [2.05, 4.69) is 4.99 Å². The smallest absolute Gasteiger partial charge is 0.271 e. The van der Waals surface area contributed by atoms with Crippen LogP contribution in [0.25, 0.3) is 6.08 Å². The molecule has 0 unspecified atom stereocenters. The molecule has 0 radical (unpaired) electrons. The third kappa shape index (κ3) is 4.84. The van der Waals surface area contributed by atoms with Crippen LogP contribution in [0.15, 0.2) is 63.5 Å². The van der Waals surface area contributed by atoms with E-state index in [4.69, 9.17) is 9.47 Å². The number of non-ortho nitro benzene ring substituents is 1. The van der Waals surface area contributed by atoms with Crippen LogP contribution >= 0.6 is 11.3 Å². The van der Waals surface area contributed by atoms with Crippen molar-refractivity contribution >= 4 is 29.0 Å². The molecule has 4 rings (SSSR count). The number of ether oxygens (including phenoxy) is 2. The van der Waals surface area contributed by atoms with E-state index >= 15 is 0 Å². The number of likely N-dealkylation sites (N-methyl/N-ethyl adjacent to an activating group) is 1. The number of carbonyl (C=O) groups excluding carboxylic acids is 1. The molecule has 1 aromatic heterocycles. The molecular weight excluding hydrogens is 508 g/mol. The van der Waals surface area contributed by atoms with Gasteiger partial charge >= 0.3 is 0 Å². The van der Waals surface area contributed by atoms with Crippen LogP contribution in [0.3, 0.4) is 0 Å². The molecule has 198 valence electrons. The maximum absolute atomic E-state index is 13.9. The molecule has 10 nitrogen and oxygen atoms in total. The van der Waals surface area contributed by atoms with E-state index in [1.807, 2.05) is 13.8 Å². The van der Waals surface area contributed by atoms with Gasteiger partial charge in [-0.1, -0.05) is 23.5 Å². The van der Waals surface area contributed by atoms with Crippen molar-refractivity contribution in [2.45, 2.75) is 26.8 Å². The number of hydrogen-bond acceptors (Lipinski definition) is 8. The minimum atomic E-state index is -0.823. The Morgan fingerprint density at radius 1 is 1.18 bits per heavy atom. The highest BCUT2D eigenvalue weighted by Crippen LogP contribution is 2.38. The predicted molar refractivity (Wildman–Crippen MR) is 144 cm³/mol. The number of nitro groups is 1. The van der Waals surface area contributed by atoms with E-state index in [9.17, 15) is 19.7 Å². The first kappa shape index (κ1) is 26.8. The summed E-state index contributed by atoms with van der Waals surface area (Å²) >= 11 is 1.16. The van der Waals surface area contributed by atoms with Crippen molar-refractivity contribution in [1.29, 1.82) is 0 Å². The van der Waals surface area contributed by atoms with Gasteiger partial charge in [0.1, 0.15) is 17.5 Å². The zero-order valence-corrected chi connectivity index (χ0v) is 22.6. The third-order valence-electron chi connectivity index (χ3n) is 6.41. The fraction of sp³-hybridized carbons (Fsp3) is 0.296. The number of carbonyl (C=O) groups is 1. The number of allylic oxidation sites excluding steroid dienone is 1. The molecule has 2 aromatic carbocycles. The Kier molecular flexibility index (Phi) is 7.77. The van der Waals surface area contributed by atoms with Crippen molar-refractivity contribution in [2.75, 3.05) is 27.3 Å². The van der Waals surface area contributed by atoms with Crippen LogP contribution in [0.1, 0.15) is 37.9 Å². The summed E-state index contributed by atoms with van der Waals surface area (Å²) in [6.07, 6.45) is 1.60. The van der Waals surface area contributed by atoms with Gasteiger partial charge in [-0.25, -0.2) is 4.99 Å². The van der Waals surface area contributed by atoms with Crippen LogP contribution < -0.4 is 24.4 Å². The lowest BCUT2D eigenvalue weighted by atomic mass is 9.93. The molecule has 0 aliphatic carbocycles. The van der Waals surface area contributed by atoms with E-state index in [1.54, 1.807) is 55.3 Å². The van der Waals surface area contributed by atoms with Gasteiger partial charge in [0.2, 0.25) is 0 Å². The van der Waals surface area contributed by atoms with Crippen molar-refractivity contribution < 1.29 is 19.2 Å². The highest BCUT2D eigenvalue weighted by atomic mass is 32.1. The van der Waals surface area contributed by atoms with E-state index in [0.29, 0.717) is 56.3 Å². The maximum Gasteiger partial charge on any atom is 0.271 e. The number of nitro benzene ring substituents is 1. The molecule has 0 saturated carbocycles. The van der Waals surface area contributed by atoms with Gasteiger partial charge in [0.15, 0.2) is 4.80 Å². The molecule has 1 amide bonds. The summed E-state index contributed by atoms with van der Waals surface area (Å²) in [5.41, 5.74) is 1.52. The second kappa shape index (κ2) is 11.0. The Hall–Kier alpha value is -4.25. The average molecular weight is 537 g/mol. The number of fused-ring (bicyclic) bond motifs is 1. The average Bonchev–Trinajstić information content (AvgIpc) is 3.22. The van der Waals surface area contributed by atoms with Crippen molar-refractivity contribution in [2.24, 2.45) is 4.99 Å². The number of amides is 1. The molecule has 0 spiro atoms. The lowest BCUT2D eigenvalue weighted by Gasteiger charge is -2.30. The maximum atomic E-state index is 13.9. The summed E-state index contributed by atoms with van der Waals surface area (Å²) in [6.45, 7) is 6.53. The molecule has 1 atom stereocenters. The number of benzene rings is 2. The number of hydrogen-bond donors (Lipinski definition) is 0. The number of aromatic nitrogens is 1. The number of nitrogens with zero attached hydrogens (tertiary/aromatic N) is 4. The zero-order valence-electron chi connectivity index (χ0n) is 21.8. The lowest BCUT2D eigenvalue weighted by molar-refractivity contribution is -0.384. The van der Waals surface area contributed by atoms with Crippen LogP contribution in [0.4, 0.5) is 5.69 Å². The highest BCUT2D eigenvalue weighted by Gasteiger charge is 2.36. The standard InChI is InChI=1S/C27H28N4O6S/c1-6-29(7-2)26(33)23-16(3)28-27-30(24(23)20-15-19(36-4)11-12-21(20)37-5)25(32)22(38-27)14-17-9-8-10-18(13-17)31(34)35/h8-15,24H,6-7H2,1-5H3/b22-14+/t24-/m0/s1. The van der Waals surface area contributed by atoms with Gasteiger partial charge in [-0.15, -0.1) is 0 Å². The molecule has 1 aliphatic heterocycles. The van der Waals surface area contributed by atoms with E-state index in [1.165, 1.54) is 23.8 Å². The molecule has 3 aromatic rings. The quantitative estimate of drug-likeness (QED) is 0.323. The molecule has 2 heterocycles. The first-order valence-electron chi connectivity index (χ1n) is 12.0. The van der Waals surface area contributed by atoms with Gasteiger partial charge in [-0.2, -0.15) is 0 Å². The van der Waals surface area contributed by atoms with Crippen LogP contribution in [0, 0.1) is 10.1 Å². The van der Waals surface area contributed by atoms with Crippen molar-refractivity contribution in [1.82, 2.24) is 9.47 Å². The monoisotopic (exact) mass is 536 g/mol. The Labute approximate surface area is 222 Å². The van der Waals surface area contributed by atoms with Gasteiger partial charge in [-0.05, 0) is 50.6 Å². The second-order valence-electron chi connectivity index (χ2n) is 8.52. The predicted octanol–water partition coefficient (Wildman–Crippen LogP) is 3.03. The molecule has 0 bridgehead atoms. The summed E-state index contributed by atoms with van der Waals surface area (Å²) in [5.74, 6) is 0.812. The van der Waals surface area contributed by atoms with Crippen molar-refractivity contribution in [3.8, 4) is 11.5 Å². The van der Waals surface area contributed by atoms with Crippen LogP contribution in [0.5, 0.6) is 11.5 Å². The second-order valence-corrected chi connectivity index (χ2v) is 9.53. The van der Waals surface area contributed by atoms with Gasteiger partial charge in [0.25, 0.3) is 17.2 Å². The molecule has 38 heavy (non-hydrogen) atoms. The SMILES string of the molecule is CCN(CC)C(=O)C1=C(C)N=c2s/c(=C/c3cccc([N+](=O)[O-])c3)c(=O)n2[C@H]1c1cc(OC)ccc1OC. The van der Waals surface area contributed by atoms with Gasteiger partial charge in [0, 0.05) is 30.8 Å². The van der Waals surface area contributed by atoms with Gasteiger partial charge < -0.3 is 14.4 Å². The van der Waals surface area contributed by atoms with Crippen LogP contribution in [-0.4, -0.2) is 47.6 Å². The number of rotatable bonds is 8. The first-order chi connectivity index (χ1) is 18.2. The normalized spacial score (nSPS) is 15.1. The molecule has 11 heteroatoms. The van der Waals surface area contributed by atoms with E-state index in [0.717, 1.165) is 11.3 Å². The largest absolute Gasteiger partial charge is 0.497 e. The Balaban J connectivity index is 2.02. The van der Waals surface area contributed by atoms with E-state index < -0.39 is 11.0 Å². The summed E-state index contributed by atoms with van der Waals surface area (Å²) in [7, 11) is 3.07. The fourth-order valence-electron chi connectivity index (χ4n) is 4.50. The fourth-order valence-corrected chi connectivity index (χ4v) is 5.55. The van der Waals surface area contributed by atoms with E-state index in [-0.39, 0.29) is 17.2 Å². The Morgan fingerprint density at radius 3 is 2.55 bits per heavy atom. The summed E-state index contributed by atoms with van der Waals surface area (Å²) in [6, 6.07) is 10.5. The Bertz CT molecular complexity index is 1620. The summed E-state index contributed by atoms with van der Waals surface area (Å²) in [4.78, 5) is 45.2. The topological polar surface area (TPSA) is 116 Å². The lowest BCUT2D eigenvalue weighted by Crippen LogP contribution is -2.43. The minimum absolute atomic E-state index is 0.0755. The summed E-state index contributed by atoms with van der Waals surface area (Å²) < 4.78 is 12.9. The molecule has 0 saturated heterocycles. The first-order valence-corrected chi connectivity index (χ1v) is 12.8. The molecule has 1 aliphatic rings. The number of thiazole rings is 1. The molecule has 0 fully saturated rings. The third-order valence-corrected chi connectivity index (χ3v) is 7.40. The van der Waals surface area contributed by atoms with Crippen LogP contribution in [-0.2, 0) is 4.79 Å². The molecular formula is C27H28N4O6S. The van der Waals surface area contributed by atoms with Crippen molar-refractivity contribution in [3.05, 3.63) is 94.7 Å². The summed E-state index contributed by atoms with van der Waals surface area (Å²) in [5, 5.41) is 11.2.